The van der Waals surface area contributed by atoms with E-state index in [-0.39, 0.29) is 11.3 Å². The van der Waals surface area contributed by atoms with Crippen molar-refractivity contribution in [2.24, 2.45) is 0 Å². The van der Waals surface area contributed by atoms with E-state index >= 15 is 0 Å². The zero-order chi connectivity index (χ0) is 14.3. The van der Waals surface area contributed by atoms with E-state index in [1.165, 1.54) is 11.3 Å². The lowest BCUT2D eigenvalue weighted by atomic mass is 9.93. The average molecular weight is 290 g/mol. The van der Waals surface area contributed by atoms with Gasteiger partial charge in [-0.15, -0.1) is 11.3 Å². The zero-order valence-corrected chi connectivity index (χ0v) is 12.2. The number of anilines is 1. The van der Waals surface area contributed by atoms with Crippen molar-refractivity contribution in [3.8, 4) is 0 Å². The van der Waals surface area contributed by atoms with Gasteiger partial charge in [0.1, 0.15) is 11.5 Å². The number of aromatic nitrogens is 3. The molecule has 0 fully saturated rings. The van der Waals surface area contributed by atoms with Gasteiger partial charge in [0, 0.05) is 29.3 Å². The maximum Gasteiger partial charge on any atom is 0.277 e. The molecule has 0 radical (unpaired) electrons. The summed E-state index contributed by atoms with van der Waals surface area (Å²) in [6.07, 6.45) is 3.55. The van der Waals surface area contributed by atoms with Gasteiger partial charge >= 0.3 is 0 Å². The number of carbonyl (C=O) groups is 1. The summed E-state index contributed by atoms with van der Waals surface area (Å²) in [5.74, 6) is 0.824. The van der Waals surface area contributed by atoms with Gasteiger partial charge < -0.3 is 9.84 Å². The Bertz CT molecular complexity index is 734. The van der Waals surface area contributed by atoms with E-state index in [1.54, 1.807) is 12.3 Å². The van der Waals surface area contributed by atoms with Gasteiger partial charge in [0.2, 0.25) is 0 Å². The summed E-state index contributed by atoms with van der Waals surface area (Å²) in [6, 6.07) is 1.73. The minimum absolute atomic E-state index is 0.146. The van der Waals surface area contributed by atoms with E-state index in [9.17, 15) is 4.79 Å². The molecule has 0 saturated carbocycles. The lowest BCUT2D eigenvalue weighted by molar-refractivity contribution is 0.102. The van der Waals surface area contributed by atoms with Crippen LogP contribution in [0.1, 0.15) is 37.0 Å². The number of nitrogens with one attached hydrogen (secondary N) is 1. The van der Waals surface area contributed by atoms with Gasteiger partial charge in [-0.1, -0.05) is 25.9 Å². The fourth-order valence-corrected chi connectivity index (χ4v) is 2.40. The van der Waals surface area contributed by atoms with Gasteiger partial charge in [0.15, 0.2) is 10.8 Å². The summed E-state index contributed by atoms with van der Waals surface area (Å²) >= 11 is 1.48. The van der Waals surface area contributed by atoms with Crippen LogP contribution in [0.5, 0.6) is 0 Å². The monoisotopic (exact) mass is 290 g/mol. The average Bonchev–Trinajstić information content (AvgIpc) is 3.00. The van der Waals surface area contributed by atoms with Crippen molar-refractivity contribution in [2.75, 3.05) is 5.32 Å². The topological polar surface area (TPSA) is 72.4 Å². The van der Waals surface area contributed by atoms with E-state index in [2.05, 4.69) is 15.5 Å². The van der Waals surface area contributed by atoms with Crippen LogP contribution < -0.4 is 5.32 Å². The highest BCUT2D eigenvalue weighted by Crippen LogP contribution is 2.24. The maximum atomic E-state index is 12.1. The number of hydrogen-bond acceptors (Lipinski definition) is 5. The van der Waals surface area contributed by atoms with Crippen molar-refractivity contribution in [3.05, 3.63) is 35.3 Å². The zero-order valence-electron chi connectivity index (χ0n) is 11.4. The molecule has 0 unspecified atom stereocenters. The van der Waals surface area contributed by atoms with Crippen LogP contribution in [0.15, 0.2) is 28.4 Å². The Morgan fingerprint density at radius 2 is 2.25 bits per heavy atom. The molecule has 3 aromatic heterocycles. The van der Waals surface area contributed by atoms with Crippen molar-refractivity contribution in [1.82, 2.24) is 14.5 Å². The van der Waals surface area contributed by atoms with Crippen LogP contribution in [0.3, 0.4) is 0 Å². The second kappa shape index (κ2) is 4.45. The molecule has 0 bridgehead atoms. The standard InChI is InChI=1S/C13H14N4O2S/c1-13(2,3)9-6-10(16-19-9)15-11(18)8-7-17-4-5-20-12(17)14-8/h4-7H,1-3H3,(H,15,16,18). The molecule has 0 spiro atoms. The number of thiazole rings is 1. The molecule has 104 valence electrons. The highest BCUT2D eigenvalue weighted by molar-refractivity contribution is 7.15. The van der Waals surface area contributed by atoms with E-state index < -0.39 is 0 Å². The number of nitrogens with zero attached hydrogens (tertiary/aromatic N) is 3. The second-order valence-electron chi connectivity index (χ2n) is 5.50. The van der Waals surface area contributed by atoms with Crippen LogP contribution in [-0.2, 0) is 5.41 Å². The third-order valence-corrected chi connectivity index (χ3v) is 3.59. The molecule has 6 nitrogen and oxygen atoms in total. The minimum Gasteiger partial charge on any atom is -0.359 e. The first-order chi connectivity index (χ1) is 9.43. The number of rotatable bonds is 2. The molecular weight excluding hydrogens is 276 g/mol. The van der Waals surface area contributed by atoms with E-state index in [0.717, 1.165) is 10.7 Å². The van der Waals surface area contributed by atoms with Gasteiger partial charge in [-0.25, -0.2) is 4.98 Å². The van der Waals surface area contributed by atoms with Crippen LogP contribution in [0.25, 0.3) is 4.96 Å². The highest BCUT2D eigenvalue weighted by atomic mass is 32.1. The number of hydrogen-bond donors (Lipinski definition) is 1. The van der Waals surface area contributed by atoms with E-state index in [1.807, 2.05) is 36.7 Å². The lowest BCUT2D eigenvalue weighted by Crippen LogP contribution is -2.13. The van der Waals surface area contributed by atoms with Crippen LogP contribution >= 0.6 is 11.3 Å². The molecule has 0 aliphatic heterocycles. The Morgan fingerprint density at radius 3 is 2.90 bits per heavy atom. The summed E-state index contributed by atoms with van der Waals surface area (Å²) in [5.41, 5.74) is 0.213. The summed E-state index contributed by atoms with van der Waals surface area (Å²) in [6.45, 7) is 6.05. The van der Waals surface area contributed by atoms with Gasteiger partial charge in [0.25, 0.3) is 5.91 Å². The number of imidazole rings is 1. The third-order valence-electron chi connectivity index (χ3n) is 2.82. The summed E-state index contributed by atoms with van der Waals surface area (Å²) in [7, 11) is 0. The molecule has 7 heteroatoms. The smallest absolute Gasteiger partial charge is 0.277 e. The van der Waals surface area contributed by atoms with Crippen LogP contribution in [0.2, 0.25) is 0 Å². The molecule has 3 heterocycles. The summed E-state index contributed by atoms with van der Waals surface area (Å²) in [4.78, 5) is 17.1. The SMILES string of the molecule is CC(C)(C)c1cc(NC(=O)c2cn3ccsc3n2)no1. The minimum atomic E-state index is -0.297. The van der Waals surface area contributed by atoms with Gasteiger partial charge in [0.05, 0.1) is 0 Å². The highest BCUT2D eigenvalue weighted by Gasteiger charge is 2.21. The molecule has 3 rings (SSSR count). The Morgan fingerprint density at radius 1 is 1.45 bits per heavy atom. The first-order valence-corrected chi connectivity index (χ1v) is 7.02. The first kappa shape index (κ1) is 12.9. The van der Waals surface area contributed by atoms with Crippen molar-refractivity contribution in [1.29, 1.82) is 0 Å². The molecule has 1 amide bonds. The van der Waals surface area contributed by atoms with Gasteiger partial charge in [-0.3, -0.25) is 9.20 Å². The third kappa shape index (κ3) is 2.32. The Labute approximate surface area is 119 Å². The first-order valence-electron chi connectivity index (χ1n) is 6.14. The molecule has 0 aromatic carbocycles. The molecule has 1 N–H and O–H groups in total. The van der Waals surface area contributed by atoms with Crippen LogP contribution in [-0.4, -0.2) is 20.4 Å². The Balaban J connectivity index is 1.79. The van der Waals surface area contributed by atoms with Crippen molar-refractivity contribution in [3.63, 3.8) is 0 Å². The molecule has 20 heavy (non-hydrogen) atoms. The molecular formula is C13H14N4O2S. The maximum absolute atomic E-state index is 12.1. The predicted octanol–water partition coefficient (Wildman–Crippen LogP) is 2.93. The fraction of sp³-hybridized carbons (Fsp3) is 0.308. The predicted molar refractivity (Wildman–Crippen MR) is 76.2 cm³/mol. The lowest BCUT2D eigenvalue weighted by Gasteiger charge is -2.11. The molecule has 0 aliphatic rings. The second-order valence-corrected chi connectivity index (χ2v) is 6.37. The van der Waals surface area contributed by atoms with Crippen molar-refractivity contribution in [2.45, 2.75) is 26.2 Å². The summed E-state index contributed by atoms with van der Waals surface area (Å²) < 4.78 is 7.03. The number of amides is 1. The fourth-order valence-electron chi connectivity index (χ4n) is 1.70. The van der Waals surface area contributed by atoms with E-state index in [4.69, 9.17) is 4.52 Å². The summed E-state index contributed by atoms with van der Waals surface area (Å²) in [5, 5.41) is 8.45. The largest absolute Gasteiger partial charge is 0.359 e. The molecule has 0 aliphatic carbocycles. The van der Waals surface area contributed by atoms with Gasteiger partial charge in [-0.2, -0.15) is 0 Å². The van der Waals surface area contributed by atoms with Crippen molar-refractivity contribution >= 4 is 28.0 Å². The van der Waals surface area contributed by atoms with E-state index in [0.29, 0.717) is 11.5 Å². The molecule has 0 atom stereocenters. The quantitative estimate of drug-likeness (QED) is 0.787. The van der Waals surface area contributed by atoms with Crippen molar-refractivity contribution < 1.29 is 9.32 Å². The molecule has 0 saturated heterocycles. The van der Waals surface area contributed by atoms with Crippen LogP contribution in [0, 0.1) is 0 Å². The Kier molecular flexibility index (Phi) is 2.86. The number of carbonyl (C=O) groups excluding carboxylic acids is 1. The number of fused-ring (bicyclic) bond motifs is 1. The van der Waals surface area contributed by atoms with Gasteiger partial charge in [-0.05, 0) is 0 Å². The normalized spacial score (nSPS) is 11.9. The van der Waals surface area contributed by atoms with Crippen LogP contribution in [0.4, 0.5) is 5.82 Å². The Hall–Kier alpha value is -2.15. The molecule has 3 aromatic rings.